The number of nitrogens with zero attached hydrogens (tertiary/aromatic N) is 2. The first kappa shape index (κ1) is 19.7. The van der Waals surface area contributed by atoms with Crippen LogP contribution in [0, 0.1) is 5.92 Å². The fraction of sp³-hybridized carbons (Fsp3) is 0.706. The van der Waals surface area contributed by atoms with Crippen LogP contribution in [0.25, 0.3) is 0 Å². The van der Waals surface area contributed by atoms with Crippen LogP contribution in [-0.2, 0) is 20.8 Å². The Labute approximate surface area is 152 Å². The highest BCUT2D eigenvalue weighted by Crippen LogP contribution is 2.24. The maximum Gasteiger partial charge on any atom is 0.413 e. The van der Waals surface area contributed by atoms with E-state index in [1.807, 2.05) is 27.7 Å². The molecule has 0 aliphatic carbocycles. The van der Waals surface area contributed by atoms with Gasteiger partial charge in [0.1, 0.15) is 5.60 Å². The molecule has 0 aromatic carbocycles. The predicted molar refractivity (Wildman–Crippen MR) is 96.6 cm³/mol. The van der Waals surface area contributed by atoms with Gasteiger partial charge in [-0.2, -0.15) is 0 Å². The van der Waals surface area contributed by atoms with Crippen molar-refractivity contribution in [1.82, 2.24) is 9.88 Å². The molecule has 0 bridgehead atoms. The summed E-state index contributed by atoms with van der Waals surface area (Å²) in [4.78, 5) is 31.1. The van der Waals surface area contributed by atoms with Gasteiger partial charge < -0.3 is 9.47 Å². The van der Waals surface area contributed by atoms with E-state index < -0.39 is 11.7 Å². The van der Waals surface area contributed by atoms with Crippen LogP contribution in [0.1, 0.15) is 45.4 Å². The summed E-state index contributed by atoms with van der Waals surface area (Å²) in [6, 6.07) is 0. The van der Waals surface area contributed by atoms with Crippen LogP contribution >= 0.6 is 11.3 Å². The molecule has 140 valence electrons. The van der Waals surface area contributed by atoms with Gasteiger partial charge >= 0.3 is 12.1 Å². The Morgan fingerprint density at radius 3 is 2.64 bits per heavy atom. The number of esters is 1. The van der Waals surface area contributed by atoms with Gasteiger partial charge in [-0.05, 0) is 53.6 Å². The number of carbonyl (C=O) groups is 2. The third kappa shape index (κ3) is 6.62. The van der Waals surface area contributed by atoms with Gasteiger partial charge in [-0.1, -0.05) is 0 Å². The molecule has 1 aliphatic heterocycles. The van der Waals surface area contributed by atoms with E-state index >= 15 is 0 Å². The summed E-state index contributed by atoms with van der Waals surface area (Å²) < 4.78 is 10.3. The topological polar surface area (TPSA) is 80.8 Å². The van der Waals surface area contributed by atoms with E-state index in [-0.39, 0.29) is 11.9 Å². The standard InChI is InChI=1S/C17H27N3O4S/c1-5-23-14(21)12-6-8-20(9-7-12)11-13-10-18-15(25-13)19-16(22)24-17(2,3)4/h10,12H,5-9,11H2,1-4H3,(H,18,19,22). The Hall–Kier alpha value is -1.67. The number of ether oxygens (including phenoxy) is 2. The maximum absolute atomic E-state index is 11.8. The minimum Gasteiger partial charge on any atom is -0.466 e. The fourth-order valence-corrected chi connectivity index (χ4v) is 3.48. The molecule has 1 aromatic rings. The molecule has 0 unspecified atom stereocenters. The second kappa shape index (κ2) is 8.62. The second-order valence-corrected chi connectivity index (χ2v) is 8.18. The summed E-state index contributed by atoms with van der Waals surface area (Å²) in [5, 5.41) is 3.19. The van der Waals surface area contributed by atoms with Crippen molar-refractivity contribution in [3.05, 3.63) is 11.1 Å². The zero-order valence-electron chi connectivity index (χ0n) is 15.3. The molecule has 0 spiro atoms. The molecule has 0 saturated carbocycles. The van der Waals surface area contributed by atoms with Crippen LogP contribution in [0.3, 0.4) is 0 Å². The van der Waals surface area contributed by atoms with Gasteiger partial charge in [-0.25, -0.2) is 9.78 Å². The van der Waals surface area contributed by atoms with Crippen molar-refractivity contribution >= 4 is 28.5 Å². The van der Waals surface area contributed by atoms with Crippen molar-refractivity contribution < 1.29 is 19.1 Å². The van der Waals surface area contributed by atoms with Gasteiger partial charge in [-0.3, -0.25) is 15.0 Å². The fourth-order valence-electron chi connectivity index (χ4n) is 2.64. The summed E-state index contributed by atoms with van der Waals surface area (Å²) >= 11 is 1.44. The summed E-state index contributed by atoms with van der Waals surface area (Å²) in [6.45, 7) is 10.2. The summed E-state index contributed by atoms with van der Waals surface area (Å²) in [7, 11) is 0. The van der Waals surface area contributed by atoms with Crippen LogP contribution in [0.2, 0.25) is 0 Å². The molecule has 1 aliphatic rings. The molecular weight excluding hydrogens is 342 g/mol. The molecule has 8 heteroatoms. The Morgan fingerprint density at radius 2 is 2.04 bits per heavy atom. The van der Waals surface area contributed by atoms with Gasteiger partial charge in [-0.15, -0.1) is 11.3 Å². The Bertz CT molecular complexity index is 589. The number of nitrogens with one attached hydrogen (secondary N) is 1. The minimum absolute atomic E-state index is 0.0158. The Kier molecular flexibility index (Phi) is 6.78. The van der Waals surface area contributed by atoms with Crippen LogP contribution in [0.15, 0.2) is 6.20 Å². The van der Waals surface area contributed by atoms with E-state index in [0.29, 0.717) is 11.7 Å². The lowest BCUT2D eigenvalue weighted by Crippen LogP contribution is -2.36. The SMILES string of the molecule is CCOC(=O)C1CCN(Cc2cnc(NC(=O)OC(C)(C)C)s2)CC1. The van der Waals surface area contributed by atoms with E-state index in [4.69, 9.17) is 9.47 Å². The number of carbonyl (C=O) groups excluding carboxylic acids is 2. The molecule has 1 amide bonds. The van der Waals surface area contributed by atoms with Gasteiger partial charge in [0.25, 0.3) is 0 Å². The zero-order valence-corrected chi connectivity index (χ0v) is 16.1. The lowest BCUT2D eigenvalue weighted by Gasteiger charge is -2.30. The van der Waals surface area contributed by atoms with Gasteiger partial charge in [0.15, 0.2) is 5.13 Å². The van der Waals surface area contributed by atoms with E-state index in [2.05, 4.69) is 15.2 Å². The van der Waals surface area contributed by atoms with Crippen LogP contribution in [-0.4, -0.2) is 47.2 Å². The number of amides is 1. The normalized spacial score (nSPS) is 16.5. The first-order chi connectivity index (χ1) is 11.8. The highest BCUT2D eigenvalue weighted by atomic mass is 32.1. The largest absolute Gasteiger partial charge is 0.466 e. The summed E-state index contributed by atoms with van der Waals surface area (Å²) in [6.07, 6.45) is 2.92. The van der Waals surface area contributed by atoms with Crippen molar-refractivity contribution in [2.75, 3.05) is 25.0 Å². The van der Waals surface area contributed by atoms with E-state index in [9.17, 15) is 9.59 Å². The van der Waals surface area contributed by atoms with E-state index in [1.165, 1.54) is 11.3 Å². The quantitative estimate of drug-likeness (QED) is 0.803. The number of rotatable bonds is 5. The minimum atomic E-state index is -0.534. The highest BCUT2D eigenvalue weighted by molar-refractivity contribution is 7.15. The number of piperidine rings is 1. The number of anilines is 1. The number of thiazole rings is 1. The van der Waals surface area contributed by atoms with Gasteiger partial charge in [0.05, 0.1) is 12.5 Å². The van der Waals surface area contributed by atoms with Crippen molar-refractivity contribution in [3.63, 3.8) is 0 Å². The van der Waals surface area contributed by atoms with Crippen LogP contribution in [0.4, 0.5) is 9.93 Å². The Morgan fingerprint density at radius 1 is 1.36 bits per heavy atom. The number of hydrogen-bond acceptors (Lipinski definition) is 7. The average Bonchev–Trinajstić information content (AvgIpc) is 2.93. The third-order valence-corrected chi connectivity index (χ3v) is 4.65. The smallest absolute Gasteiger partial charge is 0.413 e. The molecule has 2 rings (SSSR count). The monoisotopic (exact) mass is 369 g/mol. The average molecular weight is 369 g/mol. The van der Waals surface area contributed by atoms with Crippen LogP contribution in [0.5, 0.6) is 0 Å². The predicted octanol–water partition coefficient (Wildman–Crippen LogP) is 3.27. The van der Waals surface area contributed by atoms with Crippen molar-refractivity contribution in [1.29, 1.82) is 0 Å². The molecule has 1 fully saturated rings. The van der Waals surface area contributed by atoms with E-state index in [0.717, 1.165) is 37.4 Å². The highest BCUT2D eigenvalue weighted by Gasteiger charge is 2.26. The summed E-state index contributed by atoms with van der Waals surface area (Å²) in [5.74, 6) is -0.0640. The number of hydrogen-bond donors (Lipinski definition) is 1. The lowest BCUT2D eigenvalue weighted by atomic mass is 9.97. The number of likely N-dealkylation sites (tertiary alicyclic amines) is 1. The van der Waals surface area contributed by atoms with Crippen molar-refractivity contribution in [2.24, 2.45) is 5.92 Å². The molecule has 2 heterocycles. The van der Waals surface area contributed by atoms with E-state index in [1.54, 1.807) is 6.20 Å². The van der Waals surface area contributed by atoms with Crippen LogP contribution < -0.4 is 5.32 Å². The number of aromatic nitrogens is 1. The maximum atomic E-state index is 11.8. The molecule has 1 N–H and O–H groups in total. The summed E-state index contributed by atoms with van der Waals surface area (Å²) in [5.41, 5.74) is -0.534. The third-order valence-electron chi connectivity index (χ3n) is 3.75. The first-order valence-corrected chi connectivity index (χ1v) is 9.42. The molecule has 25 heavy (non-hydrogen) atoms. The molecule has 1 aromatic heterocycles. The molecule has 7 nitrogen and oxygen atoms in total. The van der Waals surface area contributed by atoms with Crippen molar-refractivity contribution in [3.8, 4) is 0 Å². The Balaban J connectivity index is 1.78. The lowest BCUT2D eigenvalue weighted by molar-refractivity contribution is -0.149. The van der Waals surface area contributed by atoms with Gasteiger partial charge in [0.2, 0.25) is 0 Å². The van der Waals surface area contributed by atoms with Gasteiger partial charge in [0, 0.05) is 17.6 Å². The molecule has 1 saturated heterocycles. The zero-order chi connectivity index (χ0) is 18.4. The second-order valence-electron chi connectivity index (χ2n) is 7.06. The molecule has 0 radical (unpaired) electrons. The molecule has 0 atom stereocenters. The molecular formula is C17H27N3O4S. The van der Waals surface area contributed by atoms with Crippen molar-refractivity contribution in [2.45, 2.75) is 52.7 Å². The first-order valence-electron chi connectivity index (χ1n) is 8.60.